The number of amides is 1. The maximum atomic E-state index is 13.0. The molecule has 0 bridgehead atoms. The second kappa shape index (κ2) is 8.58. The number of hydrogen-bond donors (Lipinski definition) is 1. The highest BCUT2D eigenvalue weighted by atomic mass is 35.5. The van der Waals surface area contributed by atoms with Crippen molar-refractivity contribution < 1.29 is 27.9 Å². The van der Waals surface area contributed by atoms with Crippen molar-refractivity contribution in [2.45, 2.75) is 0 Å². The monoisotopic (exact) mass is 403 g/mol. The molecule has 144 valence electrons. The van der Waals surface area contributed by atoms with Crippen molar-refractivity contribution in [2.24, 2.45) is 0 Å². The molecule has 0 saturated carbocycles. The number of nitrogens with one attached hydrogen (secondary N) is 1. The van der Waals surface area contributed by atoms with Gasteiger partial charge in [-0.3, -0.25) is 4.79 Å². The van der Waals surface area contributed by atoms with Gasteiger partial charge in [-0.05, 0) is 54.6 Å². The molecule has 6 nitrogen and oxygen atoms in total. The fourth-order valence-corrected chi connectivity index (χ4v) is 2.56. The summed E-state index contributed by atoms with van der Waals surface area (Å²) in [6, 6.07) is 13.3. The van der Waals surface area contributed by atoms with E-state index >= 15 is 0 Å². The molecule has 0 saturated heterocycles. The Hall–Kier alpha value is -3.32. The maximum absolute atomic E-state index is 13.0. The van der Waals surface area contributed by atoms with Crippen molar-refractivity contribution in [1.82, 2.24) is 0 Å². The first kappa shape index (κ1) is 19.4. The number of rotatable bonds is 6. The number of benzene rings is 2. The predicted octanol–water partition coefficient (Wildman–Crippen LogP) is 4.54. The van der Waals surface area contributed by atoms with Crippen LogP contribution < -0.4 is 10.1 Å². The van der Waals surface area contributed by atoms with Crippen LogP contribution in [0.4, 0.5) is 10.1 Å². The number of ether oxygens (including phenoxy) is 2. The van der Waals surface area contributed by atoms with E-state index in [1.807, 2.05) is 0 Å². The maximum Gasteiger partial charge on any atom is 0.374 e. The molecule has 2 aromatic carbocycles. The van der Waals surface area contributed by atoms with Crippen molar-refractivity contribution in [3.8, 4) is 17.1 Å². The van der Waals surface area contributed by atoms with Gasteiger partial charge in [0.2, 0.25) is 5.76 Å². The first-order valence-electron chi connectivity index (χ1n) is 8.12. The normalized spacial score (nSPS) is 10.4. The van der Waals surface area contributed by atoms with Crippen LogP contribution in [0.2, 0.25) is 5.02 Å². The SMILES string of the molecule is COc1ccc(Cl)cc1NC(=O)COC(=O)c1ccc(-c2ccc(F)cc2)o1. The van der Waals surface area contributed by atoms with Gasteiger partial charge in [-0.15, -0.1) is 0 Å². The van der Waals surface area contributed by atoms with Gasteiger partial charge in [-0.1, -0.05) is 11.6 Å². The molecular formula is C20H15ClFNO5. The Kier molecular flexibility index (Phi) is 5.96. The van der Waals surface area contributed by atoms with Gasteiger partial charge < -0.3 is 19.2 Å². The van der Waals surface area contributed by atoms with Crippen LogP contribution in [-0.4, -0.2) is 25.6 Å². The number of hydrogen-bond acceptors (Lipinski definition) is 5. The van der Waals surface area contributed by atoms with E-state index in [-0.39, 0.29) is 11.6 Å². The van der Waals surface area contributed by atoms with Crippen molar-refractivity contribution in [3.63, 3.8) is 0 Å². The van der Waals surface area contributed by atoms with Gasteiger partial charge in [0.25, 0.3) is 5.91 Å². The summed E-state index contributed by atoms with van der Waals surface area (Å²) in [4.78, 5) is 24.1. The lowest BCUT2D eigenvalue weighted by molar-refractivity contribution is -0.119. The van der Waals surface area contributed by atoms with Crippen LogP contribution >= 0.6 is 11.6 Å². The van der Waals surface area contributed by atoms with Crippen molar-refractivity contribution in [3.05, 3.63) is 71.2 Å². The standard InChI is InChI=1S/C20H15ClFNO5/c1-26-17-7-4-13(21)10-15(17)23-19(24)11-27-20(25)18-9-8-16(28-18)12-2-5-14(22)6-3-12/h2-10H,11H2,1H3,(H,23,24). The number of halogens is 2. The Bertz CT molecular complexity index is 1000. The van der Waals surface area contributed by atoms with E-state index in [0.717, 1.165) is 0 Å². The van der Waals surface area contributed by atoms with Gasteiger partial charge in [0.05, 0.1) is 12.8 Å². The molecule has 0 aliphatic carbocycles. The number of anilines is 1. The molecular weight excluding hydrogens is 389 g/mol. The average molecular weight is 404 g/mol. The van der Waals surface area contributed by atoms with E-state index in [9.17, 15) is 14.0 Å². The largest absolute Gasteiger partial charge is 0.495 e. The summed E-state index contributed by atoms with van der Waals surface area (Å²) in [6.07, 6.45) is 0. The molecule has 3 rings (SSSR count). The highest BCUT2D eigenvalue weighted by Gasteiger charge is 2.16. The van der Waals surface area contributed by atoms with E-state index in [1.54, 1.807) is 18.2 Å². The van der Waals surface area contributed by atoms with E-state index in [1.165, 1.54) is 43.5 Å². The summed E-state index contributed by atoms with van der Waals surface area (Å²) in [5, 5.41) is 2.97. The molecule has 0 fully saturated rings. The molecule has 1 heterocycles. The summed E-state index contributed by atoms with van der Waals surface area (Å²) in [5.74, 6) is -1.04. The fraction of sp³-hybridized carbons (Fsp3) is 0.100. The molecule has 0 spiro atoms. The summed E-state index contributed by atoms with van der Waals surface area (Å²) >= 11 is 5.90. The van der Waals surface area contributed by atoms with Crippen molar-refractivity contribution in [1.29, 1.82) is 0 Å². The quantitative estimate of drug-likeness (QED) is 0.611. The zero-order chi connectivity index (χ0) is 20.1. The molecule has 8 heteroatoms. The molecule has 1 amide bonds. The van der Waals surface area contributed by atoms with Crippen LogP contribution in [0.15, 0.2) is 59.0 Å². The lowest BCUT2D eigenvalue weighted by Gasteiger charge is -2.10. The second-order valence-corrected chi connectivity index (χ2v) is 6.08. The zero-order valence-corrected chi connectivity index (χ0v) is 15.5. The van der Waals surface area contributed by atoms with Gasteiger partial charge in [-0.2, -0.15) is 0 Å². The van der Waals surface area contributed by atoms with Crippen molar-refractivity contribution in [2.75, 3.05) is 19.0 Å². The minimum atomic E-state index is -0.804. The van der Waals surface area contributed by atoms with Crippen LogP contribution in [0.3, 0.4) is 0 Å². The smallest absolute Gasteiger partial charge is 0.374 e. The molecule has 3 aromatic rings. The second-order valence-electron chi connectivity index (χ2n) is 5.64. The Morgan fingerprint density at radius 3 is 2.57 bits per heavy atom. The molecule has 1 aromatic heterocycles. The topological polar surface area (TPSA) is 77.8 Å². The number of methoxy groups -OCH3 is 1. The predicted molar refractivity (Wildman–Crippen MR) is 101 cm³/mol. The zero-order valence-electron chi connectivity index (χ0n) is 14.7. The summed E-state index contributed by atoms with van der Waals surface area (Å²) < 4.78 is 28.5. The first-order chi connectivity index (χ1) is 13.5. The Morgan fingerprint density at radius 1 is 1.11 bits per heavy atom. The van der Waals surface area contributed by atoms with E-state index < -0.39 is 18.5 Å². The van der Waals surface area contributed by atoms with E-state index in [2.05, 4.69) is 5.32 Å². The Balaban J connectivity index is 1.59. The number of furan rings is 1. The Morgan fingerprint density at radius 2 is 1.86 bits per heavy atom. The highest BCUT2D eigenvalue weighted by Crippen LogP contribution is 2.27. The van der Waals surface area contributed by atoms with Gasteiger partial charge in [-0.25, -0.2) is 9.18 Å². The highest BCUT2D eigenvalue weighted by molar-refractivity contribution is 6.31. The molecule has 1 N–H and O–H groups in total. The first-order valence-corrected chi connectivity index (χ1v) is 8.50. The number of carbonyl (C=O) groups is 2. The van der Waals surface area contributed by atoms with Gasteiger partial charge in [0.1, 0.15) is 17.3 Å². The van der Waals surface area contributed by atoms with Crippen LogP contribution in [0, 0.1) is 5.82 Å². The third kappa shape index (κ3) is 4.69. The molecule has 0 aliphatic heterocycles. The third-order valence-electron chi connectivity index (χ3n) is 3.71. The third-order valence-corrected chi connectivity index (χ3v) is 3.94. The lowest BCUT2D eigenvalue weighted by atomic mass is 10.2. The van der Waals surface area contributed by atoms with Gasteiger partial charge in [0, 0.05) is 10.6 Å². The number of carbonyl (C=O) groups excluding carboxylic acids is 2. The van der Waals surface area contributed by atoms with Crippen LogP contribution in [0.1, 0.15) is 10.6 Å². The van der Waals surface area contributed by atoms with E-state index in [4.69, 9.17) is 25.5 Å². The Labute approximate surface area is 164 Å². The average Bonchev–Trinajstić information content (AvgIpc) is 3.17. The summed E-state index contributed by atoms with van der Waals surface area (Å²) in [7, 11) is 1.45. The molecule has 0 unspecified atom stereocenters. The van der Waals surface area contributed by atoms with Crippen LogP contribution in [-0.2, 0) is 9.53 Å². The summed E-state index contributed by atoms with van der Waals surface area (Å²) in [5.41, 5.74) is 0.957. The fourth-order valence-electron chi connectivity index (χ4n) is 2.38. The van der Waals surface area contributed by atoms with Gasteiger partial charge in [0.15, 0.2) is 6.61 Å². The number of esters is 1. The van der Waals surface area contributed by atoms with E-state index in [0.29, 0.717) is 27.8 Å². The minimum absolute atomic E-state index is 0.0764. The lowest BCUT2D eigenvalue weighted by Crippen LogP contribution is -2.21. The minimum Gasteiger partial charge on any atom is -0.495 e. The van der Waals surface area contributed by atoms with Crippen LogP contribution in [0.25, 0.3) is 11.3 Å². The molecule has 0 radical (unpaired) electrons. The van der Waals surface area contributed by atoms with Gasteiger partial charge >= 0.3 is 5.97 Å². The van der Waals surface area contributed by atoms with Crippen LogP contribution in [0.5, 0.6) is 5.75 Å². The summed E-state index contributed by atoms with van der Waals surface area (Å²) in [6.45, 7) is -0.527. The van der Waals surface area contributed by atoms with Crippen molar-refractivity contribution >= 4 is 29.2 Å². The molecule has 0 aliphatic rings. The molecule has 28 heavy (non-hydrogen) atoms. The molecule has 0 atom stereocenters.